The van der Waals surface area contributed by atoms with Crippen LogP contribution >= 0.6 is 11.3 Å². The van der Waals surface area contributed by atoms with E-state index >= 15 is 0 Å². The molecule has 3 aromatic carbocycles. The highest BCUT2D eigenvalue weighted by Crippen LogP contribution is 2.41. The molecule has 0 fully saturated rings. The van der Waals surface area contributed by atoms with Crippen LogP contribution in [-0.4, -0.2) is 16.8 Å². The fourth-order valence-corrected chi connectivity index (χ4v) is 5.28. The van der Waals surface area contributed by atoms with Crippen LogP contribution in [0.1, 0.15) is 45.1 Å². The number of fused-ring (bicyclic) bond motifs is 1. The Labute approximate surface area is 223 Å². The molecule has 12 heteroatoms. The smallest absolute Gasteiger partial charge is 0.322 e. The lowest BCUT2D eigenvalue weighted by Crippen LogP contribution is -2.24. The van der Waals surface area contributed by atoms with Crippen LogP contribution in [-0.2, 0) is 17.1 Å². The number of carbonyl (C=O) groups excluding carboxylic acids is 2. The highest BCUT2D eigenvalue weighted by Gasteiger charge is 2.38. The summed E-state index contributed by atoms with van der Waals surface area (Å²) in [5.41, 5.74) is 0.265. The quantitative estimate of drug-likeness (QED) is 0.254. The Morgan fingerprint density at radius 3 is 1.92 bits per heavy atom. The maximum atomic E-state index is 13.4. The van der Waals surface area contributed by atoms with Crippen molar-refractivity contribution in [1.29, 1.82) is 0 Å². The van der Waals surface area contributed by atoms with E-state index in [4.69, 9.17) is 0 Å². The van der Waals surface area contributed by atoms with Crippen LogP contribution in [0.5, 0.6) is 0 Å². The van der Waals surface area contributed by atoms with Gasteiger partial charge in [0.05, 0.1) is 27.0 Å². The molecule has 39 heavy (non-hydrogen) atoms. The first-order valence-corrected chi connectivity index (χ1v) is 12.3. The van der Waals surface area contributed by atoms with Gasteiger partial charge in [-0.2, -0.15) is 26.3 Å². The first-order valence-electron chi connectivity index (χ1n) is 11.4. The molecule has 0 aliphatic carbocycles. The SMILES string of the molecule is CC(=O)N(c1cc(C(F)(F)F)cc(C(F)(F)F)c1)c1nc2ccc(C(=O)Nc3c(C)cc(C)cc3C)cc2s1. The number of halogens is 6. The number of hydrogen-bond donors (Lipinski definition) is 1. The van der Waals surface area contributed by atoms with Gasteiger partial charge in [0.15, 0.2) is 5.13 Å². The van der Waals surface area contributed by atoms with Gasteiger partial charge in [0.25, 0.3) is 5.91 Å². The maximum absolute atomic E-state index is 13.4. The van der Waals surface area contributed by atoms with Crippen molar-refractivity contribution < 1.29 is 35.9 Å². The summed E-state index contributed by atoms with van der Waals surface area (Å²) in [6.45, 7) is 6.67. The highest BCUT2D eigenvalue weighted by molar-refractivity contribution is 7.22. The average Bonchev–Trinajstić information content (AvgIpc) is 3.22. The summed E-state index contributed by atoms with van der Waals surface area (Å²) in [5.74, 6) is -1.26. The van der Waals surface area contributed by atoms with E-state index in [-0.39, 0.29) is 16.8 Å². The Kier molecular flexibility index (Phi) is 7.20. The number of aryl methyl sites for hydroxylation is 3. The molecule has 4 aromatic rings. The summed E-state index contributed by atoms with van der Waals surface area (Å²) in [4.78, 5) is 30.4. The van der Waals surface area contributed by atoms with Gasteiger partial charge in [-0.15, -0.1) is 0 Å². The number of rotatable bonds is 4. The number of carbonyl (C=O) groups is 2. The number of alkyl halides is 6. The molecule has 4 rings (SSSR count). The van der Waals surface area contributed by atoms with Crippen molar-refractivity contribution in [3.8, 4) is 0 Å². The Morgan fingerprint density at radius 1 is 0.846 bits per heavy atom. The van der Waals surface area contributed by atoms with E-state index in [2.05, 4.69) is 10.3 Å². The summed E-state index contributed by atoms with van der Waals surface area (Å²) in [6.07, 6.45) is -10.2. The van der Waals surface area contributed by atoms with E-state index in [0.29, 0.717) is 32.9 Å². The lowest BCUT2D eigenvalue weighted by Gasteiger charge is -2.21. The van der Waals surface area contributed by atoms with Crippen molar-refractivity contribution in [2.75, 3.05) is 10.2 Å². The summed E-state index contributed by atoms with van der Waals surface area (Å²) in [7, 11) is 0. The molecular weight excluding hydrogens is 544 g/mol. The summed E-state index contributed by atoms with van der Waals surface area (Å²) >= 11 is 0.853. The van der Waals surface area contributed by atoms with Crippen LogP contribution in [0, 0.1) is 20.8 Å². The maximum Gasteiger partial charge on any atom is 0.416 e. The van der Waals surface area contributed by atoms with Crippen LogP contribution in [0.4, 0.5) is 42.8 Å². The van der Waals surface area contributed by atoms with Crippen molar-refractivity contribution in [2.24, 2.45) is 0 Å². The van der Waals surface area contributed by atoms with Gasteiger partial charge in [-0.25, -0.2) is 4.98 Å². The molecule has 0 radical (unpaired) electrons. The molecule has 2 amide bonds. The Morgan fingerprint density at radius 2 is 1.41 bits per heavy atom. The van der Waals surface area contributed by atoms with Gasteiger partial charge in [-0.1, -0.05) is 29.0 Å². The molecule has 1 N–H and O–H groups in total. The molecule has 0 aliphatic rings. The third kappa shape index (κ3) is 5.90. The molecule has 0 saturated carbocycles. The minimum atomic E-state index is -5.08. The lowest BCUT2D eigenvalue weighted by molar-refractivity contribution is -0.143. The fourth-order valence-electron chi connectivity index (χ4n) is 4.21. The monoisotopic (exact) mass is 565 g/mol. The van der Waals surface area contributed by atoms with Gasteiger partial charge in [-0.3, -0.25) is 14.5 Å². The molecule has 204 valence electrons. The number of nitrogens with zero attached hydrogens (tertiary/aromatic N) is 2. The van der Waals surface area contributed by atoms with Crippen molar-refractivity contribution >= 4 is 49.9 Å². The number of thiazole rings is 1. The zero-order valence-corrected chi connectivity index (χ0v) is 21.8. The molecule has 5 nitrogen and oxygen atoms in total. The summed E-state index contributed by atoms with van der Waals surface area (Å²) in [5, 5.41) is 2.72. The van der Waals surface area contributed by atoms with Crippen LogP contribution < -0.4 is 10.2 Å². The molecule has 0 saturated heterocycles. The van der Waals surface area contributed by atoms with Crippen molar-refractivity contribution in [2.45, 2.75) is 40.0 Å². The van der Waals surface area contributed by atoms with E-state index in [9.17, 15) is 35.9 Å². The number of amides is 2. The molecular formula is C27H21F6N3O2S. The summed E-state index contributed by atoms with van der Waals surface area (Å²) < 4.78 is 80.8. The number of hydrogen-bond acceptors (Lipinski definition) is 4. The first kappa shape index (κ1) is 28.1. The van der Waals surface area contributed by atoms with E-state index < -0.39 is 41.0 Å². The zero-order valence-electron chi connectivity index (χ0n) is 21.0. The molecule has 0 bridgehead atoms. The fraction of sp³-hybridized carbons (Fsp3) is 0.222. The highest BCUT2D eigenvalue weighted by atomic mass is 32.1. The van der Waals surface area contributed by atoms with Gasteiger partial charge >= 0.3 is 12.4 Å². The van der Waals surface area contributed by atoms with Crippen LogP contribution in [0.2, 0.25) is 0 Å². The van der Waals surface area contributed by atoms with Crippen LogP contribution in [0.3, 0.4) is 0 Å². The van der Waals surface area contributed by atoms with E-state index in [1.165, 1.54) is 18.2 Å². The molecule has 0 unspecified atom stereocenters. The minimum absolute atomic E-state index is 0.0114. The van der Waals surface area contributed by atoms with Gasteiger partial charge in [0.2, 0.25) is 5.91 Å². The molecule has 1 heterocycles. The third-order valence-corrected chi connectivity index (χ3v) is 6.90. The van der Waals surface area contributed by atoms with Gasteiger partial charge in [0, 0.05) is 18.2 Å². The summed E-state index contributed by atoms with van der Waals surface area (Å²) in [6, 6.07) is 9.25. The topological polar surface area (TPSA) is 62.3 Å². The lowest BCUT2D eigenvalue weighted by atomic mass is 10.0. The van der Waals surface area contributed by atoms with E-state index in [1.807, 2.05) is 32.9 Å². The molecule has 1 aromatic heterocycles. The second-order valence-corrected chi connectivity index (χ2v) is 10.0. The van der Waals surface area contributed by atoms with Gasteiger partial charge in [-0.05, 0) is 68.3 Å². The number of aromatic nitrogens is 1. The second kappa shape index (κ2) is 9.99. The Hall–Kier alpha value is -3.93. The van der Waals surface area contributed by atoms with E-state index in [0.717, 1.165) is 35.0 Å². The van der Waals surface area contributed by atoms with Gasteiger partial charge < -0.3 is 5.32 Å². The minimum Gasteiger partial charge on any atom is -0.322 e. The third-order valence-electron chi connectivity index (χ3n) is 5.89. The number of anilines is 3. The van der Waals surface area contributed by atoms with E-state index in [1.54, 1.807) is 0 Å². The first-order chi connectivity index (χ1) is 18.0. The normalized spacial score (nSPS) is 12.1. The van der Waals surface area contributed by atoms with Crippen molar-refractivity contribution in [3.05, 3.63) is 81.9 Å². The molecule has 0 spiro atoms. The largest absolute Gasteiger partial charge is 0.416 e. The van der Waals surface area contributed by atoms with Crippen molar-refractivity contribution in [3.63, 3.8) is 0 Å². The second-order valence-electron chi connectivity index (χ2n) is 9.03. The predicted molar refractivity (Wildman–Crippen MR) is 137 cm³/mol. The number of nitrogens with one attached hydrogen (secondary N) is 1. The predicted octanol–water partition coefficient (Wildman–Crippen LogP) is 8.20. The van der Waals surface area contributed by atoms with Crippen LogP contribution in [0.25, 0.3) is 10.2 Å². The number of benzene rings is 3. The molecule has 0 aliphatic heterocycles. The Balaban J connectivity index is 1.74. The van der Waals surface area contributed by atoms with Crippen LogP contribution in [0.15, 0.2) is 48.5 Å². The average molecular weight is 566 g/mol. The molecule has 0 atom stereocenters. The zero-order chi connectivity index (χ0) is 28.9. The Bertz CT molecular complexity index is 1550. The van der Waals surface area contributed by atoms with Gasteiger partial charge in [0.1, 0.15) is 0 Å². The standard InChI is InChI=1S/C27H21F6N3O2S/c1-13-7-14(2)23(15(3)8-13)35-24(38)17-5-6-21-22(9-17)39-25(34-21)36(16(4)37)20-11-18(26(28,29)30)10-19(12-20)27(31,32)33/h5-12H,1-4H3,(H,35,38). The van der Waals surface area contributed by atoms with Crippen molar-refractivity contribution in [1.82, 2.24) is 4.98 Å².